The molecule has 0 N–H and O–H groups in total. The minimum absolute atomic E-state index is 0.277. The third-order valence-electron chi connectivity index (χ3n) is 4.42. The summed E-state index contributed by atoms with van der Waals surface area (Å²) in [6.07, 6.45) is 0. The first-order chi connectivity index (χ1) is 12.5. The molecule has 0 unspecified atom stereocenters. The molecular weight excluding hydrogens is 346 g/mol. The third kappa shape index (κ3) is 2.78. The molecule has 6 heteroatoms. The van der Waals surface area contributed by atoms with E-state index in [-0.39, 0.29) is 11.2 Å². The van der Waals surface area contributed by atoms with E-state index in [0.717, 1.165) is 20.8 Å². The van der Waals surface area contributed by atoms with Crippen LogP contribution in [0.2, 0.25) is 0 Å². The van der Waals surface area contributed by atoms with Crippen molar-refractivity contribution in [3.8, 4) is 10.6 Å². The van der Waals surface area contributed by atoms with Gasteiger partial charge in [-0.15, -0.1) is 11.3 Å². The SMILES string of the molecule is Cc1ccc(-c2nc(Cn3c(=O)n(C)c(=O)c4ccccc43)cs2)cc1. The lowest BCUT2D eigenvalue weighted by molar-refractivity contribution is 0.667. The zero-order valence-electron chi connectivity index (χ0n) is 14.5. The van der Waals surface area contributed by atoms with Gasteiger partial charge < -0.3 is 0 Å². The number of nitrogens with zero attached hydrogens (tertiary/aromatic N) is 3. The summed E-state index contributed by atoms with van der Waals surface area (Å²) >= 11 is 1.55. The highest BCUT2D eigenvalue weighted by molar-refractivity contribution is 7.13. The van der Waals surface area contributed by atoms with E-state index < -0.39 is 0 Å². The average molecular weight is 363 g/mol. The van der Waals surface area contributed by atoms with Gasteiger partial charge >= 0.3 is 5.69 Å². The minimum atomic E-state index is -0.335. The molecule has 130 valence electrons. The van der Waals surface area contributed by atoms with Crippen molar-refractivity contribution in [2.45, 2.75) is 13.5 Å². The number of aryl methyl sites for hydroxylation is 1. The van der Waals surface area contributed by atoms with Gasteiger partial charge in [0.1, 0.15) is 5.01 Å². The second kappa shape index (κ2) is 6.38. The maximum atomic E-state index is 12.6. The zero-order chi connectivity index (χ0) is 18.3. The fourth-order valence-electron chi connectivity index (χ4n) is 2.96. The van der Waals surface area contributed by atoms with E-state index in [1.54, 1.807) is 34.1 Å². The van der Waals surface area contributed by atoms with Crippen molar-refractivity contribution in [3.05, 3.63) is 86.0 Å². The van der Waals surface area contributed by atoms with Crippen LogP contribution in [0, 0.1) is 6.92 Å². The summed E-state index contributed by atoms with van der Waals surface area (Å²) in [5, 5.41) is 3.41. The molecule has 26 heavy (non-hydrogen) atoms. The van der Waals surface area contributed by atoms with Gasteiger partial charge in [-0.2, -0.15) is 0 Å². The van der Waals surface area contributed by atoms with E-state index in [2.05, 4.69) is 17.1 Å². The number of hydrogen-bond acceptors (Lipinski definition) is 4. The topological polar surface area (TPSA) is 56.9 Å². The number of fused-ring (bicyclic) bond motifs is 1. The zero-order valence-corrected chi connectivity index (χ0v) is 15.3. The van der Waals surface area contributed by atoms with Crippen LogP contribution in [0.15, 0.2) is 63.5 Å². The monoisotopic (exact) mass is 363 g/mol. The fourth-order valence-corrected chi connectivity index (χ4v) is 3.78. The molecule has 0 spiro atoms. The molecular formula is C20H17N3O2S. The van der Waals surface area contributed by atoms with Crippen LogP contribution >= 0.6 is 11.3 Å². The van der Waals surface area contributed by atoms with Crippen LogP contribution in [0.3, 0.4) is 0 Å². The molecule has 0 aliphatic carbocycles. The van der Waals surface area contributed by atoms with Crippen LogP contribution < -0.4 is 11.2 Å². The van der Waals surface area contributed by atoms with E-state index in [4.69, 9.17) is 0 Å². The highest BCUT2D eigenvalue weighted by Gasteiger charge is 2.12. The van der Waals surface area contributed by atoms with E-state index >= 15 is 0 Å². The second-order valence-electron chi connectivity index (χ2n) is 6.26. The van der Waals surface area contributed by atoms with E-state index in [0.29, 0.717) is 17.4 Å². The number of rotatable bonds is 3. The summed E-state index contributed by atoms with van der Waals surface area (Å²) in [6, 6.07) is 15.4. The molecule has 4 aromatic rings. The molecule has 2 aromatic heterocycles. The first kappa shape index (κ1) is 16.5. The maximum absolute atomic E-state index is 12.6. The van der Waals surface area contributed by atoms with Gasteiger partial charge in [0.15, 0.2) is 0 Å². The molecule has 0 fully saturated rings. The fraction of sp³-hybridized carbons (Fsp3) is 0.150. The smallest absolute Gasteiger partial charge is 0.287 e. The van der Waals surface area contributed by atoms with Crippen molar-refractivity contribution in [3.63, 3.8) is 0 Å². The molecule has 5 nitrogen and oxygen atoms in total. The highest BCUT2D eigenvalue weighted by atomic mass is 32.1. The lowest BCUT2D eigenvalue weighted by atomic mass is 10.2. The molecule has 2 aromatic carbocycles. The number of para-hydroxylation sites is 1. The van der Waals surface area contributed by atoms with Crippen molar-refractivity contribution < 1.29 is 0 Å². The quantitative estimate of drug-likeness (QED) is 0.562. The molecule has 0 aliphatic rings. The van der Waals surface area contributed by atoms with Gasteiger partial charge in [0.05, 0.1) is 23.1 Å². The Hall–Kier alpha value is -2.99. The summed E-state index contributed by atoms with van der Waals surface area (Å²) in [6.45, 7) is 2.38. The van der Waals surface area contributed by atoms with Gasteiger partial charge in [-0.25, -0.2) is 9.78 Å². The Kier molecular flexibility index (Phi) is 4.05. The first-order valence-electron chi connectivity index (χ1n) is 8.24. The minimum Gasteiger partial charge on any atom is -0.287 e. The van der Waals surface area contributed by atoms with Gasteiger partial charge in [-0.3, -0.25) is 13.9 Å². The largest absolute Gasteiger partial charge is 0.331 e. The van der Waals surface area contributed by atoms with Gasteiger partial charge in [0.2, 0.25) is 0 Å². The van der Waals surface area contributed by atoms with Crippen LogP contribution in [0.1, 0.15) is 11.3 Å². The molecule has 0 bridgehead atoms. The van der Waals surface area contributed by atoms with Crippen LogP contribution in [-0.4, -0.2) is 14.1 Å². The molecule has 0 saturated carbocycles. The van der Waals surface area contributed by atoms with Gasteiger partial charge in [-0.1, -0.05) is 42.0 Å². The van der Waals surface area contributed by atoms with Gasteiger partial charge in [0.25, 0.3) is 5.56 Å². The summed E-state index contributed by atoms with van der Waals surface area (Å²) in [5.41, 5.74) is 3.08. The standard InChI is InChI=1S/C20H17N3O2S/c1-13-7-9-14(10-8-13)18-21-15(12-26-18)11-23-17-6-4-3-5-16(17)19(24)22(2)20(23)25/h3-10,12H,11H2,1-2H3. The van der Waals surface area contributed by atoms with Crippen LogP contribution in [0.4, 0.5) is 0 Å². The normalized spacial score (nSPS) is 11.2. The number of benzene rings is 2. The van der Waals surface area contributed by atoms with E-state index in [1.165, 1.54) is 12.6 Å². The Morgan fingerprint density at radius 1 is 1.04 bits per heavy atom. The molecule has 0 radical (unpaired) electrons. The molecule has 0 aliphatic heterocycles. The van der Waals surface area contributed by atoms with E-state index in [9.17, 15) is 9.59 Å². The van der Waals surface area contributed by atoms with Gasteiger partial charge in [-0.05, 0) is 19.1 Å². The predicted octanol–water partition coefficient (Wildman–Crippen LogP) is 3.18. The lowest BCUT2D eigenvalue weighted by Gasteiger charge is -2.10. The van der Waals surface area contributed by atoms with Crippen molar-refractivity contribution in [2.75, 3.05) is 0 Å². The highest BCUT2D eigenvalue weighted by Crippen LogP contribution is 2.24. The van der Waals surface area contributed by atoms with Crippen LogP contribution in [-0.2, 0) is 13.6 Å². The predicted molar refractivity (Wildman–Crippen MR) is 105 cm³/mol. The summed E-state index contributed by atoms with van der Waals surface area (Å²) in [7, 11) is 1.51. The van der Waals surface area contributed by atoms with Crippen molar-refractivity contribution in [1.82, 2.24) is 14.1 Å². The number of hydrogen-bond donors (Lipinski definition) is 0. The summed E-state index contributed by atoms with van der Waals surface area (Å²) in [5.74, 6) is 0. The Morgan fingerprint density at radius 2 is 1.77 bits per heavy atom. The van der Waals surface area contributed by atoms with Crippen molar-refractivity contribution in [1.29, 1.82) is 0 Å². The summed E-state index contributed by atoms with van der Waals surface area (Å²) in [4.78, 5) is 29.6. The van der Waals surface area contributed by atoms with Crippen molar-refractivity contribution >= 4 is 22.2 Å². The van der Waals surface area contributed by atoms with Gasteiger partial charge in [0, 0.05) is 18.0 Å². The maximum Gasteiger partial charge on any atom is 0.331 e. The Bertz CT molecular complexity index is 1220. The molecule has 0 atom stereocenters. The number of thiazole rings is 1. The van der Waals surface area contributed by atoms with Crippen molar-refractivity contribution in [2.24, 2.45) is 7.05 Å². The van der Waals surface area contributed by atoms with E-state index in [1.807, 2.05) is 30.5 Å². The summed E-state index contributed by atoms with van der Waals surface area (Å²) < 4.78 is 2.75. The third-order valence-corrected chi connectivity index (χ3v) is 5.36. The average Bonchev–Trinajstić information content (AvgIpc) is 3.13. The lowest BCUT2D eigenvalue weighted by Crippen LogP contribution is -2.38. The molecule has 2 heterocycles. The Labute approximate surface area is 153 Å². The second-order valence-corrected chi connectivity index (χ2v) is 7.12. The number of aromatic nitrogens is 3. The van der Waals surface area contributed by atoms with Crippen LogP contribution in [0.25, 0.3) is 21.5 Å². The first-order valence-corrected chi connectivity index (χ1v) is 9.12. The molecule has 4 rings (SSSR count). The molecule has 0 amide bonds. The van der Waals surface area contributed by atoms with Crippen LogP contribution in [0.5, 0.6) is 0 Å². The Morgan fingerprint density at radius 3 is 2.54 bits per heavy atom. The molecule has 0 saturated heterocycles. The Balaban J connectivity index is 1.78.